The van der Waals surface area contributed by atoms with Crippen molar-refractivity contribution in [3.05, 3.63) is 15.5 Å². The Labute approximate surface area is 68.5 Å². The first kappa shape index (κ1) is 6.71. The van der Waals surface area contributed by atoms with Crippen molar-refractivity contribution in [2.24, 2.45) is 0 Å². The molecule has 4 heteroatoms. The van der Waals surface area contributed by atoms with Gasteiger partial charge >= 0.3 is 0 Å². The summed E-state index contributed by atoms with van der Waals surface area (Å²) in [5.41, 5.74) is 1.08. The first-order valence-corrected chi connectivity index (χ1v) is 4.74. The average molecular weight is 257 g/mol. The third-order valence-corrected chi connectivity index (χ3v) is 2.91. The molecule has 0 aliphatic rings. The van der Waals surface area contributed by atoms with Gasteiger partial charge in [-0.15, -0.1) is 0 Å². The Hall–Kier alpha value is 0.590. The number of aromatic nitrogens is 1. The van der Waals surface area contributed by atoms with Crippen molar-refractivity contribution in [2.75, 3.05) is 0 Å². The lowest BCUT2D eigenvalue weighted by Crippen LogP contribution is -1.72. The molecule has 0 bridgehead atoms. The highest BCUT2D eigenvalue weighted by atomic mass is 79.9. The molecule has 0 atom stereocenters. The standard InChI is InChI=1S/C4H3Br2NS/c5-1-4-3(6)2-8-7-4/h2H,1H2. The van der Waals surface area contributed by atoms with E-state index < -0.39 is 0 Å². The van der Waals surface area contributed by atoms with Crippen molar-refractivity contribution >= 4 is 43.4 Å². The predicted octanol–water partition coefficient (Wildman–Crippen LogP) is 2.80. The first-order valence-electron chi connectivity index (χ1n) is 1.99. The molecule has 0 saturated carbocycles. The minimum Gasteiger partial charge on any atom is -0.196 e. The Bertz CT molecular complexity index is 174. The van der Waals surface area contributed by atoms with Gasteiger partial charge in [0, 0.05) is 10.7 Å². The summed E-state index contributed by atoms with van der Waals surface area (Å²) in [7, 11) is 0. The second-order valence-corrected chi connectivity index (χ2v) is 3.29. The maximum Gasteiger partial charge on any atom is 0.0789 e. The molecule has 1 nitrogen and oxygen atoms in total. The minimum atomic E-state index is 0.830. The van der Waals surface area contributed by atoms with Gasteiger partial charge in [-0.2, -0.15) is 4.37 Å². The molecule has 0 aromatic carbocycles. The Morgan fingerprint density at radius 2 is 2.50 bits per heavy atom. The monoisotopic (exact) mass is 255 g/mol. The third kappa shape index (κ3) is 1.30. The van der Waals surface area contributed by atoms with Gasteiger partial charge in [0.05, 0.1) is 10.2 Å². The van der Waals surface area contributed by atoms with E-state index in [0.29, 0.717) is 0 Å². The summed E-state index contributed by atoms with van der Waals surface area (Å²) in [5.74, 6) is 0. The van der Waals surface area contributed by atoms with E-state index in [0.717, 1.165) is 15.5 Å². The lowest BCUT2D eigenvalue weighted by atomic mass is 10.5. The van der Waals surface area contributed by atoms with E-state index in [2.05, 4.69) is 36.2 Å². The molecule has 0 aliphatic carbocycles. The summed E-state index contributed by atoms with van der Waals surface area (Å²) in [6.45, 7) is 0. The molecular formula is C4H3Br2NS. The average Bonchev–Trinajstić information content (AvgIpc) is 2.14. The Morgan fingerprint density at radius 1 is 1.75 bits per heavy atom. The third-order valence-electron chi connectivity index (χ3n) is 0.721. The van der Waals surface area contributed by atoms with Crippen LogP contribution >= 0.6 is 43.4 Å². The number of hydrogen-bond donors (Lipinski definition) is 0. The summed E-state index contributed by atoms with van der Waals surface area (Å²) < 4.78 is 5.18. The highest BCUT2D eigenvalue weighted by Gasteiger charge is 1.97. The van der Waals surface area contributed by atoms with E-state index in [1.54, 1.807) is 0 Å². The van der Waals surface area contributed by atoms with E-state index in [9.17, 15) is 0 Å². The fourth-order valence-corrected chi connectivity index (χ4v) is 2.47. The van der Waals surface area contributed by atoms with E-state index in [-0.39, 0.29) is 0 Å². The molecule has 0 unspecified atom stereocenters. The van der Waals surface area contributed by atoms with Gasteiger partial charge in [-0.05, 0) is 27.5 Å². The maximum absolute atomic E-state index is 4.08. The Balaban J connectivity index is 2.92. The lowest BCUT2D eigenvalue weighted by Gasteiger charge is -1.82. The van der Waals surface area contributed by atoms with Crippen LogP contribution < -0.4 is 0 Å². The Morgan fingerprint density at radius 3 is 2.75 bits per heavy atom. The molecule has 1 aromatic rings. The van der Waals surface area contributed by atoms with Crippen LogP contribution in [-0.4, -0.2) is 4.37 Å². The highest BCUT2D eigenvalue weighted by molar-refractivity contribution is 9.10. The molecule has 0 spiro atoms. The first-order chi connectivity index (χ1) is 3.84. The minimum absolute atomic E-state index is 0.830. The van der Waals surface area contributed by atoms with Crippen LogP contribution in [-0.2, 0) is 5.33 Å². The number of rotatable bonds is 1. The highest BCUT2D eigenvalue weighted by Crippen LogP contribution is 2.19. The number of alkyl halides is 1. The van der Waals surface area contributed by atoms with Crippen molar-refractivity contribution in [3.8, 4) is 0 Å². The lowest BCUT2D eigenvalue weighted by molar-refractivity contribution is 1.30. The smallest absolute Gasteiger partial charge is 0.0789 e. The second-order valence-electron chi connectivity index (χ2n) is 1.24. The maximum atomic E-state index is 4.08. The van der Waals surface area contributed by atoms with Crippen LogP contribution in [0.1, 0.15) is 5.69 Å². The summed E-state index contributed by atoms with van der Waals surface area (Å²) in [6.07, 6.45) is 0. The van der Waals surface area contributed by atoms with E-state index in [4.69, 9.17) is 0 Å². The summed E-state index contributed by atoms with van der Waals surface area (Å²) in [6, 6.07) is 0. The summed E-state index contributed by atoms with van der Waals surface area (Å²) in [5, 5.41) is 2.80. The van der Waals surface area contributed by atoms with Crippen LogP contribution in [0.4, 0.5) is 0 Å². The molecule has 44 valence electrons. The quantitative estimate of drug-likeness (QED) is 0.705. The molecule has 0 fully saturated rings. The fourth-order valence-electron chi connectivity index (χ4n) is 0.336. The number of hydrogen-bond acceptors (Lipinski definition) is 2. The molecular weight excluding hydrogens is 254 g/mol. The predicted molar refractivity (Wildman–Crippen MR) is 42.4 cm³/mol. The van der Waals surface area contributed by atoms with Crippen LogP contribution in [0.15, 0.2) is 9.85 Å². The molecule has 0 amide bonds. The largest absolute Gasteiger partial charge is 0.196 e. The number of nitrogens with zero attached hydrogens (tertiary/aromatic N) is 1. The second kappa shape index (κ2) is 2.94. The molecule has 0 N–H and O–H groups in total. The van der Waals surface area contributed by atoms with Gasteiger partial charge in [0.15, 0.2) is 0 Å². The molecule has 0 aliphatic heterocycles. The van der Waals surface area contributed by atoms with Crippen LogP contribution in [0.2, 0.25) is 0 Å². The zero-order valence-electron chi connectivity index (χ0n) is 3.90. The van der Waals surface area contributed by atoms with Gasteiger partial charge < -0.3 is 0 Å². The van der Waals surface area contributed by atoms with Gasteiger partial charge in [-0.3, -0.25) is 0 Å². The normalized spacial score (nSPS) is 9.75. The van der Waals surface area contributed by atoms with Crippen LogP contribution in [0.5, 0.6) is 0 Å². The van der Waals surface area contributed by atoms with Crippen LogP contribution in [0, 0.1) is 0 Å². The fraction of sp³-hybridized carbons (Fsp3) is 0.250. The SMILES string of the molecule is BrCc1nscc1Br. The van der Waals surface area contributed by atoms with Crippen molar-refractivity contribution in [3.63, 3.8) is 0 Å². The zero-order chi connectivity index (χ0) is 5.98. The van der Waals surface area contributed by atoms with Gasteiger partial charge in [0.2, 0.25) is 0 Å². The van der Waals surface area contributed by atoms with E-state index in [1.165, 1.54) is 11.5 Å². The van der Waals surface area contributed by atoms with Crippen LogP contribution in [0.25, 0.3) is 0 Å². The van der Waals surface area contributed by atoms with Gasteiger partial charge in [-0.1, -0.05) is 15.9 Å². The van der Waals surface area contributed by atoms with Crippen molar-refractivity contribution in [2.45, 2.75) is 5.33 Å². The van der Waals surface area contributed by atoms with Crippen molar-refractivity contribution in [1.82, 2.24) is 4.37 Å². The molecule has 8 heavy (non-hydrogen) atoms. The van der Waals surface area contributed by atoms with E-state index in [1.807, 2.05) is 5.38 Å². The molecule has 1 heterocycles. The summed E-state index contributed by atoms with van der Waals surface area (Å²) >= 11 is 8.11. The zero-order valence-corrected chi connectivity index (χ0v) is 7.88. The van der Waals surface area contributed by atoms with Crippen molar-refractivity contribution in [1.29, 1.82) is 0 Å². The molecule has 1 rings (SSSR count). The topological polar surface area (TPSA) is 12.9 Å². The molecule has 0 saturated heterocycles. The molecule has 1 aromatic heterocycles. The van der Waals surface area contributed by atoms with Gasteiger partial charge in [0.1, 0.15) is 0 Å². The van der Waals surface area contributed by atoms with Gasteiger partial charge in [-0.25, -0.2) is 0 Å². The molecule has 0 radical (unpaired) electrons. The Kier molecular flexibility index (Phi) is 2.46. The van der Waals surface area contributed by atoms with E-state index >= 15 is 0 Å². The summed E-state index contributed by atoms with van der Waals surface area (Å²) in [4.78, 5) is 0. The van der Waals surface area contributed by atoms with Crippen molar-refractivity contribution < 1.29 is 0 Å². The van der Waals surface area contributed by atoms with Gasteiger partial charge in [0.25, 0.3) is 0 Å². The van der Waals surface area contributed by atoms with Crippen LogP contribution in [0.3, 0.4) is 0 Å². The number of halogens is 2.